The summed E-state index contributed by atoms with van der Waals surface area (Å²) in [5, 5.41) is 17.8. The minimum Gasteiger partial charge on any atom is -0.507 e. The molecule has 0 bridgehead atoms. The molecular formula is C22H26N3O4+. The SMILES string of the molecule is COc1ccc(-c2cn[nH]c2-c2ccc(OCC[NH+]3CCOCC3)cc2O)cc1. The molecule has 152 valence electrons. The smallest absolute Gasteiger partial charge is 0.137 e. The molecule has 0 radical (unpaired) electrons. The number of quaternary nitrogens is 1. The third-order valence-corrected chi connectivity index (χ3v) is 5.20. The van der Waals surface area contributed by atoms with E-state index in [9.17, 15) is 5.11 Å². The monoisotopic (exact) mass is 396 g/mol. The molecule has 29 heavy (non-hydrogen) atoms. The van der Waals surface area contributed by atoms with Gasteiger partial charge in [0.1, 0.15) is 43.5 Å². The van der Waals surface area contributed by atoms with Crippen molar-refractivity contribution in [3.05, 3.63) is 48.7 Å². The standard InChI is InChI=1S/C22H25N3O4/c1-27-17-4-2-16(3-5-17)20-15-23-24-22(20)19-7-6-18(14-21(19)26)29-13-10-25-8-11-28-12-9-25/h2-7,14-15,26H,8-13H2,1H3,(H,23,24)/p+1. The maximum atomic E-state index is 10.6. The van der Waals surface area contributed by atoms with Gasteiger partial charge in [-0.2, -0.15) is 5.10 Å². The number of aromatic amines is 1. The Morgan fingerprint density at radius 1 is 1.07 bits per heavy atom. The van der Waals surface area contributed by atoms with Crippen LogP contribution < -0.4 is 14.4 Å². The molecule has 1 fully saturated rings. The maximum Gasteiger partial charge on any atom is 0.137 e. The average molecular weight is 396 g/mol. The molecule has 0 unspecified atom stereocenters. The molecule has 0 amide bonds. The summed E-state index contributed by atoms with van der Waals surface area (Å²) in [6.07, 6.45) is 1.76. The number of H-pyrrole nitrogens is 1. The highest BCUT2D eigenvalue weighted by atomic mass is 16.5. The minimum absolute atomic E-state index is 0.153. The van der Waals surface area contributed by atoms with Gasteiger partial charge >= 0.3 is 0 Å². The number of nitrogens with one attached hydrogen (secondary N) is 2. The van der Waals surface area contributed by atoms with Crippen LogP contribution in [-0.4, -0.2) is 61.9 Å². The Morgan fingerprint density at radius 2 is 1.83 bits per heavy atom. The van der Waals surface area contributed by atoms with Gasteiger partial charge in [-0.3, -0.25) is 5.10 Å². The van der Waals surface area contributed by atoms with Crippen molar-refractivity contribution in [2.75, 3.05) is 46.6 Å². The van der Waals surface area contributed by atoms with E-state index in [1.807, 2.05) is 36.4 Å². The number of hydrogen-bond donors (Lipinski definition) is 3. The number of phenols is 1. The lowest BCUT2D eigenvalue weighted by atomic mass is 10.0. The van der Waals surface area contributed by atoms with Crippen LogP contribution in [0.25, 0.3) is 22.4 Å². The molecule has 2 aromatic carbocycles. The quantitative estimate of drug-likeness (QED) is 0.567. The minimum atomic E-state index is 0.153. The summed E-state index contributed by atoms with van der Waals surface area (Å²) in [5.74, 6) is 1.60. The molecule has 4 rings (SSSR count). The second-order valence-corrected chi connectivity index (χ2v) is 7.03. The molecular weight excluding hydrogens is 370 g/mol. The van der Waals surface area contributed by atoms with Crippen molar-refractivity contribution in [1.29, 1.82) is 0 Å². The number of methoxy groups -OCH3 is 1. The number of nitrogens with zero attached hydrogens (tertiary/aromatic N) is 1. The Morgan fingerprint density at radius 3 is 2.55 bits per heavy atom. The van der Waals surface area contributed by atoms with Gasteiger partial charge in [-0.25, -0.2) is 0 Å². The lowest BCUT2D eigenvalue weighted by molar-refractivity contribution is -0.908. The van der Waals surface area contributed by atoms with E-state index in [1.165, 1.54) is 4.90 Å². The highest BCUT2D eigenvalue weighted by Crippen LogP contribution is 2.37. The summed E-state index contributed by atoms with van der Waals surface area (Å²) in [6, 6.07) is 13.1. The van der Waals surface area contributed by atoms with Crippen LogP contribution in [0.4, 0.5) is 0 Å². The number of rotatable bonds is 7. The molecule has 0 saturated carbocycles. The predicted octanol–water partition coefficient (Wildman–Crippen LogP) is 1.75. The van der Waals surface area contributed by atoms with Crippen molar-refractivity contribution in [1.82, 2.24) is 10.2 Å². The Labute approximate surface area is 169 Å². The number of ether oxygens (including phenoxy) is 3. The summed E-state index contributed by atoms with van der Waals surface area (Å²) in [4.78, 5) is 1.48. The molecule has 3 N–H and O–H groups in total. The van der Waals surface area contributed by atoms with Crippen LogP contribution in [-0.2, 0) is 4.74 Å². The first-order chi connectivity index (χ1) is 14.2. The average Bonchev–Trinajstić information content (AvgIpc) is 3.24. The molecule has 7 heteroatoms. The first-order valence-corrected chi connectivity index (χ1v) is 9.80. The molecule has 3 aromatic rings. The fourth-order valence-electron chi connectivity index (χ4n) is 3.52. The number of aromatic hydroxyl groups is 1. The number of aromatic nitrogens is 2. The lowest BCUT2D eigenvalue weighted by Gasteiger charge is -2.23. The van der Waals surface area contributed by atoms with E-state index in [2.05, 4.69) is 10.2 Å². The predicted molar refractivity (Wildman–Crippen MR) is 110 cm³/mol. The largest absolute Gasteiger partial charge is 0.507 e. The molecule has 1 aliphatic rings. The number of benzene rings is 2. The van der Waals surface area contributed by atoms with Crippen molar-refractivity contribution in [3.8, 4) is 39.6 Å². The first-order valence-electron chi connectivity index (χ1n) is 9.80. The highest BCUT2D eigenvalue weighted by Gasteiger charge is 2.16. The van der Waals surface area contributed by atoms with Crippen LogP contribution in [0.1, 0.15) is 0 Å². The zero-order chi connectivity index (χ0) is 20.1. The second-order valence-electron chi connectivity index (χ2n) is 7.03. The number of morpholine rings is 1. The molecule has 1 aliphatic heterocycles. The van der Waals surface area contributed by atoms with Crippen molar-refractivity contribution >= 4 is 0 Å². The van der Waals surface area contributed by atoms with Gasteiger partial charge in [0.2, 0.25) is 0 Å². The van der Waals surface area contributed by atoms with E-state index in [-0.39, 0.29) is 5.75 Å². The molecule has 0 atom stereocenters. The second kappa shape index (κ2) is 8.98. The highest BCUT2D eigenvalue weighted by molar-refractivity contribution is 5.83. The molecule has 1 saturated heterocycles. The fourth-order valence-corrected chi connectivity index (χ4v) is 3.52. The van der Waals surface area contributed by atoms with Gasteiger partial charge in [-0.1, -0.05) is 12.1 Å². The maximum absolute atomic E-state index is 10.6. The fraction of sp³-hybridized carbons (Fsp3) is 0.318. The van der Waals surface area contributed by atoms with E-state index in [4.69, 9.17) is 14.2 Å². The third kappa shape index (κ3) is 4.52. The summed E-state index contributed by atoms with van der Waals surface area (Å²) in [6.45, 7) is 5.18. The van der Waals surface area contributed by atoms with Gasteiger partial charge in [0, 0.05) is 17.2 Å². The van der Waals surface area contributed by atoms with Crippen LogP contribution >= 0.6 is 0 Å². The Kier molecular flexibility index (Phi) is 5.97. The van der Waals surface area contributed by atoms with Crippen molar-refractivity contribution < 1.29 is 24.2 Å². The molecule has 7 nitrogen and oxygen atoms in total. The molecule has 0 spiro atoms. The van der Waals surface area contributed by atoms with Crippen LogP contribution in [0, 0.1) is 0 Å². The Hall–Kier alpha value is -3.03. The summed E-state index contributed by atoms with van der Waals surface area (Å²) < 4.78 is 16.4. The third-order valence-electron chi connectivity index (χ3n) is 5.20. The summed E-state index contributed by atoms with van der Waals surface area (Å²) >= 11 is 0. The number of phenolic OH excluding ortho intramolecular Hbond substituents is 1. The molecule has 2 heterocycles. The topological polar surface area (TPSA) is 81.0 Å². The van der Waals surface area contributed by atoms with Crippen LogP contribution in [0.5, 0.6) is 17.2 Å². The van der Waals surface area contributed by atoms with E-state index < -0.39 is 0 Å². The van der Waals surface area contributed by atoms with Crippen LogP contribution in [0.2, 0.25) is 0 Å². The van der Waals surface area contributed by atoms with Gasteiger partial charge in [0.15, 0.2) is 0 Å². The summed E-state index contributed by atoms with van der Waals surface area (Å²) in [7, 11) is 1.64. The van der Waals surface area contributed by atoms with E-state index in [0.29, 0.717) is 17.9 Å². The zero-order valence-electron chi connectivity index (χ0n) is 16.5. The molecule has 1 aromatic heterocycles. The van der Waals surface area contributed by atoms with Gasteiger partial charge < -0.3 is 24.2 Å². The van der Waals surface area contributed by atoms with E-state index in [0.717, 1.165) is 55.4 Å². The van der Waals surface area contributed by atoms with E-state index in [1.54, 1.807) is 19.4 Å². The van der Waals surface area contributed by atoms with Gasteiger partial charge in [-0.15, -0.1) is 0 Å². The molecule has 0 aliphatic carbocycles. The van der Waals surface area contributed by atoms with Gasteiger partial charge in [0.05, 0.1) is 32.2 Å². The van der Waals surface area contributed by atoms with Crippen LogP contribution in [0.3, 0.4) is 0 Å². The van der Waals surface area contributed by atoms with Gasteiger partial charge in [0.25, 0.3) is 0 Å². The van der Waals surface area contributed by atoms with Crippen molar-refractivity contribution in [2.24, 2.45) is 0 Å². The van der Waals surface area contributed by atoms with E-state index >= 15 is 0 Å². The Balaban J connectivity index is 1.46. The van der Waals surface area contributed by atoms with Crippen LogP contribution in [0.15, 0.2) is 48.7 Å². The normalized spacial score (nSPS) is 14.7. The Bertz CT molecular complexity index is 933. The van der Waals surface area contributed by atoms with Gasteiger partial charge in [-0.05, 0) is 29.8 Å². The van der Waals surface area contributed by atoms with Crippen molar-refractivity contribution in [2.45, 2.75) is 0 Å². The summed E-state index contributed by atoms with van der Waals surface area (Å²) in [5.41, 5.74) is 3.34. The zero-order valence-corrected chi connectivity index (χ0v) is 16.5. The first kappa shape index (κ1) is 19.3. The lowest BCUT2D eigenvalue weighted by Crippen LogP contribution is -3.14. The number of hydrogen-bond acceptors (Lipinski definition) is 5. The van der Waals surface area contributed by atoms with Crippen molar-refractivity contribution in [3.63, 3.8) is 0 Å².